The monoisotopic (exact) mass is 561 g/mol. The molecule has 218 valence electrons. The summed E-state index contributed by atoms with van der Waals surface area (Å²) in [6, 6.07) is 7.15. The Balaban J connectivity index is 0.00000189. The highest BCUT2D eigenvalue weighted by Crippen LogP contribution is 2.39. The summed E-state index contributed by atoms with van der Waals surface area (Å²) < 4.78 is 34.7. The molecule has 0 aliphatic carbocycles. The number of aliphatic imine (C=N–C) groups is 1. The van der Waals surface area contributed by atoms with Crippen LogP contribution in [-0.2, 0) is 9.31 Å². The Morgan fingerprint density at radius 2 is 1.78 bits per heavy atom. The first kappa shape index (κ1) is 30.6. The summed E-state index contributed by atoms with van der Waals surface area (Å²) in [7, 11) is 1.52. The highest BCUT2D eigenvalue weighted by molar-refractivity contribution is 6.62. The zero-order valence-electron chi connectivity index (χ0n) is 25.3. The van der Waals surface area contributed by atoms with E-state index in [9.17, 15) is 0 Å². The minimum atomic E-state index is -0.586. The molecule has 2 aliphatic rings. The average molecular weight is 562 g/mol. The predicted molar refractivity (Wildman–Crippen MR) is 167 cm³/mol. The summed E-state index contributed by atoms with van der Waals surface area (Å²) in [6.07, 6.45) is 4.68. The van der Waals surface area contributed by atoms with Crippen molar-refractivity contribution in [3.05, 3.63) is 48.6 Å². The third-order valence-corrected chi connectivity index (χ3v) is 7.99. The molecular weight excluding hydrogens is 520 g/mol. The van der Waals surface area contributed by atoms with Crippen LogP contribution in [0.3, 0.4) is 0 Å². The van der Waals surface area contributed by atoms with E-state index in [1.807, 2.05) is 53.7 Å². The molecule has 3 heterocycles. The number of aromatic nitrogens is 2. The maximum absolute atomic E-state index is 15.4. The Kier molecular flexibility index (Phi) is 9.16. The summed E-state index contributed by atoms with van der Waals surface area (Å²) in [5.74, 6) is 0.536. The zero-order valence-corrected chi connectivity index (χ0v) is 25.3. The summed E-state index contributed by atoms with van der Waals surface area (Å²) in [6.45, 7) is 21.2. The molecule has 1 N–H and O–H groups in total. The van der Waals surface area contributed by atoms with Crippen LogP contribution in [0.2, 0.25) is 0 Å². The van der Waals surface area contributed by atoms with Crippen molar-refractivity contribution in [1.29, 1.82) is 0 Å². The van der Waals surface area contributed by atoms with Crippen LogP contribution in [0.15, 0.2) is 42.2 Å². The van der Waals surface area contributed by atoms with E-state index >= 15 is 4.39 Å². The number of likely N-dealkylation sites (tertiary alicyclic amines) is 1. The maximum Gasteiger partial charge on any atom is 0.495 e. The molecule has 5 rings (SSSR count). The SMILES string of the molecule is C=Cc1c(N=C)ccc(Nc2ncnc3cc(B4OC(C)(C)C(C)(C)O4)cc(OC4CCN(C)CC4)c23)c1F.CC. The molecule has 0 unspecified atom stereocenters. The predicted octanol–water partition coefficient (Wildman–Crippen LogP) is 6.29. The summed E-state index contributed by atoms with van der Waals surface area (Å²) in [5.41, 5.74) is 1.36. The Morgan fingerprint density at radius 3 is 2.39 bits per heavy atom. The smallest absolute Gasteiger partial charge is 0.489 e. The molecule has 2 aromatic carbocycles. The fourth-order valence-electron chi connectivity index (χ4n) is 4.90. The highest BCUT2D eigenvalue weighted by atomic mass is 19.1. The van der Waals surface area contributed by atoms with Gasteiger partial charge in [0.05, 0.1) is 33.5 Å². The molecule has 0 atom stereocenters. The summed E-state index contributed by atoms with van der Waals surface area (Å²) >= 11 is 0. The minimum absolute atomic E-state index is 0.0213. The standard InChI is InChI=1S/C29H35BFN5O3.C2H6/c1-8-20-21(32-6)9-10-22(26(20)31)35-27-25-23(33-17-34-27)15-18(30-38-28(2,3)29(4,5)39-30)16-24(25)37-19-11-13-36(7)14-12-19;1-2/h8-10,15-17,19H,1,6,11-14H2,2-5,7H3,(H,33,34,35);1-2H3. The number of nitrogens with zero attached hydrogens (tertiary/aromatic N) is 4. The minimum Gasteiger partial charge on any atom is -0.489 e. The molecule has 1 aromatic heterocycles. The Hall–Kier alpha value is -3.34. The van der Waals surface area contributed by atoms with Gasteiger partial charge in [-0.05, 0) is 84.0 Å². The molecule has 10 heteroatoms. The lowest BCUT2D eigenvalue weighted by atomic mass is 9.78. The van der Waals surface area contributed by atoms with Crippen molar-refractivity contribution in [1.82, 2.24) is 14.9 Å². The number of benzene rings is 2. The van der Waals surface area contributed by atoms with Crippen molar-refractivity contribution >= 4 is 53.5 Å². The number of nitrogens with one attached hydrogen (secondary N) is 1. The van der Waals surface area contributed by atoms with Gasteiger partial charge in [0.1, 0.15) is 24.0 Å². The van der Waals surface area contributed by atoms with Crippen LogP contribution in [0.1, 0.15) is 59.9 Å². The number of piperidine rings is 1. The van der Waals surface area contributed by atoms with E-state index in [4.69, 9.17) is 14.0 Å². The largest absolute Gasteiger partial charge is 0.495 e. The number of halogens is 1. The third-order valence-electron chi connectivity index (χ3n) is 7.99. The summed E-state index contributed by atoms with van der Waals surface area (Å²) in [4.78, 5) is 15.2. The average Bonchev–Trinajstić information content (AvgIpc) is 3.18. The molecule has 41 heavy (non-hydrogen) atoms. The number of hydrogen-bond acceptors (Lipinski definition) is 8. The molecule has 0 bridgehead atoms. The molecular formula is C31H41BFN5O3. The Morgan fingerprint density at radius 1 is 1.12 bits per heavy atom. The number of hydrogen-bond donors (Lipinski definition) is 1. The lowest BCUT2D eigenvalue weighted by Crippen LogP contribution is -2.41. The fourth-order valence-corrected chi connectivity index (χ4v) is 4.90. The lowest BCUT2D eigenvalue weighted by molar-refractivity contribution is 0.00578. The van der Waals surface area contributed by atoms with Crippen molar-refractivity contribution in [3.8, 4) is 5.75 Å². The van der Waals surface area contributed by atoms with Crippen molar-refractivity contribution in [2.24, 2.45) is 4.99 Å². The van der Waals surface area contributed by atoms with E-state index in [0.29, 0.717) is 28.2 Å². The van der Waals surface area contributed by atoms with E-state index in [-0.39, 0.29) is 17.4 Å². The van der Waals surface area contributed by atoms with Gasteiger partial charge in [-0.3, -0.25) is 4.99 Å². The second-order valence-electron chi connectivity index (χ2n) is 11.2. The van der Waals surface area contributed by atoms with Crippen LogP contribution in [0.25, 0.3) is 17.0 Å². The van der Waals surface area contributed by atoms with Crippen LogP contribution in [0, 0.1) is 5.82 Å². The molecule has 0 saturated carbocycles. The zero-order chi connectivity index (χ0) is 29.9. The quantitative estimate of drug-likeness (QED) is 0.268. The van der Waals surface area contributed by atoms with Gasteiger partial charge < -0.3 is 24.3 Å². The van der Waals surface area contributed by atoms with Crippen LogP contribution in [-0.4, -0.2) is 66.1 Å². The van der Waals surface area contributed by atoms with E-state index in [0.717, 1.165) is 31.4 Å². The molecule has 0 spiro atoms. The van der Waals surface area contributed by atoms with Crippen LogP contribution in [0.4, 0.5) is 21.6 Å². The van der Waals surface area contributed by atoms with E-state index in [1.165, 1.54) is 12.4 Å². The third kappa shape index (κ3) is 6.15. The van der Waals surface area contributed by atoms with E-state index < -0.39 is 24.1 Å². The number of rotatable bonds is 7. The normalized spacial score (nSPS) is 18.5. The Bertz CT molecular complexity index is 1410. The molecule has 0 amide bonds. The van der Waals surface area contributed by atoms with E-state index in [2.05, 4.69) is 45.5 Å². The highest BCUT2D eigenvalue weighted by Gasteiger charge is 2.52. The van der Waals surface area contributed by atoms with Gasteiger partial charge in [-0.1, -0.05) is 26.5 Å². The van der Waals surface area contributed by atoms with Crippen LogP contribution >= 0.6 is 0 Å². The van der Waals surface area contributed by atoms with E-state index in [1.54, 1.807) is 12.1 Å². The lowest BCUT2D eigenvalue weighted by Gasteiger charge is -2.32. The fraction of sp³-hybridized carbons (Fsp3) is 0.452. The van der Waals surface area contributed by atoms with Crippen LogP contribution < -0.4 is 15.5 Å². The number of anilines is 2. The van der Waals surface area contributed by atoms with Gasteiger partial charge in [-0.25, -0.2) is 14.4 Å². The van der Waals surface area contributed by atoms with Crippen molar-refractivity contribution < 1.29 is 18.4 Å². The van der Waals surface area contributed by atoms with Gasteiger partial charge in [0.15, 0.2) is 5.82 Å². The maximum atomic E-state index is 15.4. The molecule has 3 aromatic rings. The molecule has 2 aliphatic heterocycles. The second-order valence-corrected chi connectivity index (χ2v) is 11.2. The van der Waals surface area contributed by atoms with Gasteiger partial charge in [-0.15, -0.1) is 0 Å². The first-order valence-corrected chi connectivity index (χ1v) is 14.2. The van der Waals surface area contributed by atoms with Gasteiger partial charge in [0.25, 0.3) is 0 Å². The first-order valence-electron chi connectivity index (χ1n) is 14.2. The molecule has 2 saturated heterocycles. The van der Waals surface area contributed by atoms with Gasteiger partial charge >= 0.3 is 7.12 Å². The van der Waals surface area contributed by atoms with Crippen molar-refractivity contribution in [3.63, 3.8) is 0 Å². The number of ether oxygens (including phenoxy) is 1. The molecule has 8 nitrogen and oxygen atoms in total. The van der Waals surface area contributed by atoms with Crippen molar-refractivity contribution in [2.45, 2.75) is 71.7 Å². The Labute approximate surface area is 243 Å². The summed E-state index contributed by atoms with van der Waals surface area (Å²) in [5, 5.41) is 3.81. The topological polar surface area (TPSA) is 81.1 Å². The van der Waals surface area contributed by atoms with Gasteiger partial charge in [-0.2, -0.15) is 0 Å². The second kappa shape index (κ2) is 12.3. The molecule has 2 fully saturated rings. The van der Waals surface area contributed by atoms with Gasteiger partial charge in [0.2, 0.25) is 0 Å². The van der Waals surface area contributed by atoms with Crippen molar-refractivity contribution in [2.75, 3.05) is 25.5 Å². The first-order chi connectivity index (χ1) is 19.5. The molecule has 0 radical (unpaired) electrons. The number of fused-ring (bicyclic) bond motifs is 1. The van der Waals surface area contributed by atoms with Gasteiger partial charge in [0, 0.05) is 18.7 Å². The van der Waals surface area contributed by atoms with Crippen LogP contribution in [0.5, 0.6) is 5.75 Å².